The fraction of sp³-hybridized carbons (Fsp3) is 0.370. The van der Waals surface area contributed by atoms with E-state index in [1.54, 1.807) is 26.6 Å². The number of aromatic nitrogens is 6. The van der Waals surface area contributed by atoms with Crippen molar-refractivity contribution in [2.45, 2.75) is 45.5 Å². The number of benzene rings is 1. The van der Waals surface area contributed by atoms with E-state index in [0.29, 0.717) is 41.4 Å². The Hall–Kier alpha value is -3.70. The maximum Gasteiger partial charge on any atom is 0.239 e. The van der Waals surface area contributed by atoms with Gasteiger partial charge in [0.05, 0.1) is 19.5 Å². The van der Waals surface area contributed by atoms with Crippen LogP contribution in [-0.2, 0) is 4.74 Å². The second-order valence-electron chi connectivity index (χ2n) is 8.78. The topological polar surface area (TPSA) is 109 Å². The van der Waals surface area contributed by atoms with Crippen LogP contribution in [0.15, 0.2) is 49.1 Å². The number of pyridine rings is 1. The van der Waals surface area contributed by atoms with E-state index < -0.39 is 0 Å². The first-order valence-electron chi connectivity index (χ1n) is 12.4. The van der Waals surface area contributed by atoms with Gasteiger partial charge in [0.15, 0.2) is 11.6 Å². The number of rotatable bonds is 12. The number of para-hydroxylation sites is 1. The summed E-state index contributed by atoms with van der Waals surface area (Å²) in [6.07, 6.45) is 7.76. The number of ether oxygens (including phenoxy) is 3. The third-order valence-corrected chi connectivity index (χ3v) is 6.66. The number of anilines is 1. The summed E-state index contributed by atoms with van der Waals surface area (Å²) in [5.41, 5.74) is 3.50. The molecule has 0 aliphatic carbocycles. The molecule has 10 nitrogen and oxygen atoms in total. The molecule has 1 N–H and O–H groups in total. The van der Waals surface area contributed by atoms with E-state index in [0.717, 1.165) is 23.1 Å². The molecular weight excluding hydrogens is 502 g/mol. The number of nitrogens with zero attached hydrogens (tertiary/aromatic N) is 6. The van der Waals surface area contributed by atoms with E-state index in [4.69, 9.17) is 14.2 Å². The predicted molar refractivity (Wildman–Crippen MR) is 149 cm³/mol. The zero-order valence-corrected chi connectivity index (χ0v) is 23.3. The molecular formula is C27H33N7O3S. The quantitative estimate of drug-likeness (QED) is 0.238. The maximum atomic E-state index is 6.17. The first-order valence-corrected chi connectivity index (χ1v) is 13.2. The number of hydrogen-bond donors (Lipinski definition) is 1. The molecule has 0 saturated carbocycles. The lowest BCUT2D eigenvalue weighted by Crippen LogP contribution is -2.21. The largest absolute Gasteiger partial charge is 0.494 e. The summed E-state index contributed by atoms with van der Waals surface area (Å²) >= 11 is 1.46. The second-order valence-corrected chi connectivity index (χ2v) is 9.96. The van der Waals surface area contributed by atoms with Gasteiger partial charge in [0.25, 0.3) is 0 Å². The van der Waals surface area contributed by atoms with Crippen LogP contribution in [0.2, 0.25) is 0 Å². The van der Waals surface area contributed by atoms with Gasteiger partial charge in [0.2, 0.25) is 5.95 Å². The van der Waals surface area contributed by atoms with Gasteiger partial charge in [-0.25, -0.2) is 9.97 Å². The van der Waals surface area contributed by atoms with Gasteiger partial charge < -0.3 is 14.2 Å². The average molecular weight is 536 g/mol. The Morgan fingerprint density at radius 3 is 2.32 bits per heavy atom. The van der Waals surface area contributed by atoms with Crippen LogP contribution in [0, 0.1) is 13.8 Å². The minimum Gasteiger partial charge on any atom is -0.494 e. The van der Waals surface area contributed by atoms with Gasteiger partial charge in [-0.2, -0.15) is 0 Å². The molecule has 4 rings (SSSR count). The summed E-state index contributed by atoms with van der Waals surface area (Å²) in [7, 11) is 3.25. The van der Waals surface area contributed by atoms with Crippen molar-refractivity contribution in [3.63, 3.8) is 0 Å². The molecule has 1 aromatic carbocycles. The van der Waals surface area contributed by atoms with Gasteiger partial charge in [-0.1, -0.05) is 13.0 Å². The highest BCUT2D eigenvalue weighted by Gasteiger charge is 2.27. The van der Waals surface area contributed by atoms with Gasteiger partial charge in [-0.15, -0.1) is 10.2 Å². The molecule has 0 bridgehead atoms. The molecule has 0 aliphatic rings. The van der Waals surface area contributed by atoms with Crippen molar-refractivity contribution in [2.24, 2.45) is 0 Å². The average Bonchev–Trinajstić information content (AvgIpc) is 3.36. The number of methoxy groups -OCH3 is 2. The standard InChI is InChI=1S/C27H33N7O3S/c1-7-11-37-24(25-29-14-18(3)15-30-25)19(4)38-33-27-32-31-26(20-12-17(2)13-28-16-20)34(27)23-21(35-5)9-8-10-22(23)36-6/h8-10,12-16,19,24H,7,11H2,1-6H3,(H,32,33). The molecule has 38 heavy (non-hydrogen) atoms. The molecule has 0 saturated heterocycles. The van der Waals surface area contributed by atoms with E-state index in [-0.39, 0.29) is 11.4 Å². The van der Waals surface area contributed by atoms with E-state index >= 15 is 0 Å². The van der Waals surface area contributed by atoms with E-state index in [9.17, 15) is 0 Å². The van der Waals surface area contributed by atoms with Crippen LogP contribution >= 0.6 is 11.9 Å². The molecule has 0 radical (unpaired) electrons. The molecule has 0 fully saturated rings. The summed E-state index contributed by atoms with van der Waals surface area (Å²) in [6, 6.07) is 7.64. The lowest BCUT2D eigenvalue weighted by Gasteiger charge is -2.23. The number of nitrogens with one attached hydrogen (secondary N) is 1. The van der Waals surface area contributed by atoms with Gasteiger partial charge in [0.1, 0.15) is 23.3 Å². The fourth-order valence-electron chi connectivity index (χ4n) is 3.90. The molecule has 200 valence electrons. The fourth-order valence-corrected chi connectivity index (χ4v) is 4.65. The molecule has 2 atom stereocenters. The molecule has 3 aromatic heterocycles. The van der Waals surface area contributed by atoms with E-state index in [1.807, 2.05) is 55.1 Å². The normalized spacial score (nSPS) is 12.7. The Bertz CT molecular complexity index is 1320. The van der Waals surface area contributed by atoms with Crippen LogP contribution in [0.25, 0.3) is 17.1 Å². The van der Waals surface area contributed by atoms with Gasteiger partial charge in [-0.3, -0.25) is 14.3 Å². The molecule has 0 spiro atoms. The third kappa shape index (κ3) is 6.05. The lowest BCUT2D eigenvalue weighted by atomic mass is 10.2. The number of hydrogen-bond acceptors (Lipinski definition) is 10. The minimum atomic E-state index is -0.314. The van der Waals surface area contributed by atoms with Crippen molar-refractivity contribution in [2.75, 3.05) is 25.5 Å². The zero-order valence-electron chi connectivity index (χ0n) is 22.5. The monoisotopic (exact) mass is 535 g/mol. The van der Waals surface area contributed by atoms with Crippen LogP contribution in [0.3, 0.4) is 0 Å². The molecule has 11 heteroatoms. The summed E-state index contributed by atoms with van der Waals surface area (Å²) in [5, 5.41) is 8.96. The highest BCUT2D eigenvalue weighted by molar-refractivity contribution is 8.01. The van der Waals surface area contributed by atoms with Crippen molar-refractivity contribution in [3.05, 3.63) is 66.0 Å². The van der Waals surface area contributed by atoms with Crippen LogP contribution in [-0.4, -0.2) is 55.8 Å². The second kappa shape index (κ2) is 12.7. The predicted octanol–water partition coefficient (Wildman–Crippen LogP) is 5.37. The molecule has 0 amide bonds. The van der Waals surface area contributed by atoms with Crippen molar-refractivity contribution < 1.29 is 14.2 Å². The van der Waals surface area contributed by atoms with Crippen molar-refractivity contribution in [1.29, 1.82) is 0 Å². The lowest BCUT2D eigenvalue weighted by molar-refractivity contribution is 0.0483. The first-order chi connectivity index (χ1) is 18.5. The molecule has 0 aliphatic heterocycles. The Kier molecular flexibility index (Phi) is 9.14. The highest BCUT2D eigenvalue weighted by Crippen LogP contribution is 2.38. The van der Waals surface area contributed by atoms with Gasteiger partial charge in [0, 0.05) is 37.0 Å². The summed E-state index contributed by atoms with van der Waals surface area (Å²) in [6.45, 7) is 8.70. The van der Waals surface area contributed by atoms with Crippen molar-refractivity contribution >= 4 is 17.9 Å². The third-order valence-electron chi connectivity index (χ3n) is 5.74. The van der Waals surface area contributed by atoms with Crippen molar-refractivity contribution in [1.82, 2.24) is 29.7 Å². The summed E-state index contributed by atoms with van der Waals surface area (Å²) < 4.78 is 22.9. The van der Waals surface area contributed by atoms with Gasteiger partial charge in [-0.05, 0) is 68.5 Å². The Balaban J connectivity index is 1.72. The minimum absolute atomic E-state index is 0.0574. The maximum absolute atomic E-state index is 6.17. The Morgan fingerprint density at radius 1 is 0.974 bits per heavy atom. The first kappa shape index (κ1) is 27.3. The molecule has 3 heterocycles. The van der Waals surface area contributed by atoms with Crippen LogP contribution in [0.4, 0.5) is 5.95 Å². The Morgan fingerprint density at radius 2 is 1.68 bits per heavy atom. The van der Waals surface area contributed by atoms with Crippen LogP contribution in [0.1, 0.15) is 43.3 Å². The summed E-state index contributed by atoms with van der Waals surface area (Å²) in [5.74, 6) is 2.97. The molecule has 2 unspecified atom stereocenters. The highest BCUT2D eigenvalue weighted by atomic mass is 32.2. The SMILES string of the molecule is CCCOC(c1ncc(C)cn1)C(C)SNc1nnc(-c2cncc(C)c2)n1-c1c(OC)cccc1OC. The van der Waals surface area contributed by atoms with Crippen molar-refractivity contribution in [3.8, 4) is 28.6 Å². The smallest absolute Gasteiger partial charge is 0.239 e. The van der Waals surface area contributed by atoms with Gasteiger partial charge >= 0.3 is 0 Å². The molecule has 4 aromatic rings. The van der Waals surface area contributed by atoms with Crippen LogP contribution in [0.5, 0.6) is 11.5 Å². The van der Waals surface area contributed by atoms with E-state index in [1.165, 1.54) is 11.9 Å². The van der Waals surface area contributed by atoms with Crippen LogP contribution < -0.4 is 14.2 Å². The zero-order chi connectivity index (χ0) is 27.1. The van der Waals surface area contributed by atoms with E-state index in [2.05, 4.69) is 43.7 Å². The summed E-state index contributed by atoms with van der Waals surface area (Å²) in [4.78, 5) is 13.4. The Labute approximate surface area is 227 Å². The number of aryl methyl sites for hydroxylation is 2.